The number of non-ortho nitro benzene ring substituents is 1. The summed E-state index contributed by atoms with van der Waals surface area (Å²) in [4.78, 5) is 45.9. The number of nitrogens with zero attached hydrogens (tertiary/aromatic N) is 1. The average Bonchev–Trinajstić information content (AvgIpc) is 2.71. The molecule has 2 aromatic carbocycles. The van der Waals surface area contributed by atoms with E-state index in [9.17, 15) is 37.7 Å². The number of halogens is 3. The number of esters is 1. The van der Waals surface area contributed by atoms with Gasteiger partial charge in [-0.25, -0.2) is 0 Å². The third-order valence-corrected chi connectivity index (χ3v) is 3.85. The molecule has 0 aliphatic carbocycles. The van der Waals surface area contributed by atoms with Crippen molar-refractivity contribution in [2.45, 2.75) is 19.2 Å². The summed E-state index contributed by atoms with van der Waals surface area (Å²) in [6.45, 7) is 0.561. The van der Waals surface area contributed by atoms with Crippen molar-refractivity contribution in [1.82, 2.24) is 5.32 Å². The number of rotatable bonds is 7. The van der Waals surface area contributed by atoms with Gasteiger partial charge in [-0.15, -0.1) is 0 Å². The van der Waals surface area contributed by atoms with Crippen LogP contribution in [0.2, 0.25) is 0 Å². The number of ether oxygens (including phenoxy) is 1. The van der Waals surface area contributed by atoms with Crippen LogP contribution in [0, 0.1) is 10.1 Å². The Labute approximate surface area is 173 Å². The standard InChI is InChI=1S/C19H16F3N3O6/c1-11(17(27)24-14-6-3-5-13(9-14)19(20,21)22)31-16(26)10-23-18(28)12-4-2-7-15(8-12)25(29)30/h2-9,11H,10H2,1H3,(H,23,28)(H,24,27)/t11-/m1/s1. The van der Waals surface area contributed by atoms with Crippen LogP contribution in [-0.2, 0) is 20.5 Å². The van der Waals surface area contributed by atoms with E-state index in [2.05, 4.69) is 10.6 Å². The molecule has 0 aromatic heterocycles. The molecule has 0 unspecified atom stereocenters. The van der Waals surface area contributed by atoms with E-state index >= 15 is 0 Å². The number of benzene rings is 2. The number of anilines is 1. The van der Waals surface area contributed by atoms with E-state index in [1.165, 1.54) is 31.2 Å². The third-order valence-electron chi connectivity index (χ3n) is 3.85. The molecule has 2 rings (SSSR count). The first-order valence-corrected chi connectivity index (χ1v) is 8.67. The summed E-state index contributed by atoms with van der Waals surface area (Å²) in [6, 6.07) is 8.72. The van der Waals surface area contributed by atoms with E-state index in [0.29, 0.717) is 0 Å². The summed E-state index contributed by atoms with van der Waals surface area (Å²) >= 11 is 0. The van der Waals surface area contributed by atoms with E-state index in [-0.39, 0.29) is 16.9 Å². The van der Waals surface area contributed by atoms with Crippen LogP contribution in [0.4, 0.5) is 24.5 Å². The molecule has 0 heterocycles. The van der Waals surface area contributed by atoms with Crippen LogP contribution in [0.5, 0.6) is 0 Å². The molecule has 0 aliphatic heterocycles. The van der Waals surface area contributed by atoms with Gasteiger partial charge in [-0.3, -0.25) is 24.5 Å². The Hall–Kier alpha value is -3.96. The molecule has 0 saturated heterocycles. The van der Waals surface area contributed by atoms with E-state index in [4.69, 9.17) is 4.74 Å². The second-order valence-corrected chi connectivity index (χ2v) is 6.19. The molecule has 2 amide bonds. The molecule has 12 heteroatoms. The van der Waals surface area contributed by atoms with Crippen LogP contribution in [-0.4, -0.2) is 35.4 Å². The van der Waals surface area contributed by atoms with Crippen molar-refractivity contribution in [2.75, 3.05) is 11.9 Å². The van der Waals surface area contributed by atoms with E-state index < -0.39 is 47.1 Å². The number of nitro benzene ring substituents is 1. The van der Waals surface area contributed by atoms with Crippen LogP contribution < -0.4 is 10.6 Å². The third kappa shape index (κ3) is 6.80. The maximum absolute atomic E-state index is 12.7. The molecule has 0 radical (unpaired) electrons. The predicted molar refractivity (Wildman–Crippen MR) is 101 cm³/mol. The summed E-state index contributed by atoms with van der Waals surface area (Å²) in [5.74, 6) is -2.65. The Morgan fingerprint density at radius 3 is 2.45 bits per heavy atom. The van der Waals surface area contributed by atoms with Crippen LogP contribution in [0.1, 0.15) is 22.8 Å². The lowest BCUT2D eigenvalue weighted by atomic mass is 10.2. The normalized spacial score (nSPS) is 11.9. The van der Waals surface area contributed by atoms with Crippen molar-refractivity contribution in [2.24, 2.45) is 0 Å². The molecule has 9 nitrogen and oxygen atoms in total. The molecule has 0 fully saturated rings. The number of nitro groups is 1. The van der Waals surface area contributed by atoms with Gasteiger partial charge in [-0.1, -0.05) is 12.1 Å². The van der Waals surface area contributed by atoms with Gasteiger partial charge in [0.25, 0.3) is 17.5 Å². The van der Waals surface area contributed by atoms with Crippen molar-refractivity contribution in [3.8, 4) is 0 Å². The van der Waals surface area contributed by atoms with Crippen molar-refractivity contribution >= 4 is 29.2 Å². The number of hydrogen-bond acceptors (Lipinski definition) is 6. The first kappa shape index (κ1) is 23.3. The number of hydrogen-bond donors (Lipinski definition) is 2. The zero-order valence-electron chi connectivity index (χ0n) is 15.9. The maximum atomic E-state index is 12.7. The maximum Gasteiger partial charge on any atom is 0.416 e. The van der Waals surface area contributed by atoms with Crippen LogP contribution in [0.3, 0.4) is 0 Å². The zero-order valence-corrected chi connectivity index (χ0v) is 15.9. The van der Waals surface area contributed by atoms with E-state index in [0.717, 1.165) is 24.3 Å². The van der Waals surface area contributed by atoms with Gasteiger partial charge in [0.05, 0.1) is 10.5 Å². The lowest BCUT2D eigenvalue weighted by molar-refractivity contribution is -0.384. The highest BCUT2D eigenvalue weighted by Crippen LogP contribution is 2.30. The van der Waals surface area contributed by atoms with Crippen molar-refractivity contribution in [3.05, 3.63) is 69.8 Å². The SMILES string of the molecule is C[C@@H](OC(=O)CNC(=O)c1cccc([N+](=O)[O-])c1)C(=O)Nc1cccc(C(F)(F)F)c1. The van der Waals surface area contributed by atoms with Crippen LogP contribution in [0.15, 0.2) is 48.5 Å². The lowest BCUT2D eigenvalue weighted by Gasteiger charge is -2.15. The quantitative estimate of drug-likeness (QED) is 0.388. The fourth-order valence-electron chi connectivity index (χ4n) is 2.32. The molecule has 2 N–H and O–H groups in total. The fourth-order valence-corrected chi connectivity index (χ4v) is 2.32. The molecule has 0 aliphatic rings. The number of nitrogens with one attached hydrogen (secondary N) is 2. The number of carbonyl (C=O) groups excluding carboxylic acids is 3. The van der Waals surface area contributed by atoms with Gasteiger partial charge < -0.3 is 15.4 Å². The van der Waals surface area contributed by atoms with Gasteiger partial charge in [0, 0.05) is 23.4 Å². The minimum atomic E-state index is -4.59. The van der Waals surface area contributed by atoms with E-state index in [1.54, 1.807) is 0 Å². The number of alkyl halides is 3. The average molecular weight is 439 g/mol. The fraction of sp³-hybridized carbons (Fsp3) is 0.211. The topological polar surface area (TPSA) is 128 Å². The van der Waals surface area contributed by atoms with Gasteiger partial charge >= 0.3 is 12.1 Å². The highest BCUT2D eigenvalue weighted by molar-refractivity contribution is 5.97. The van der Waals surface area contributed by atoms with Gasteiger partial charge in [0.1, 0.15) is 6.54 Å². The minimum Gasteiger partial charge on any atom is -0.451 e. The summed E-state index contributed by atoms with van der Waals surface area (Å²) in [7, 11) is 0. The molecule has 0 bridgehead atoms. The zero-order chi connectivity index (χ0) is 23.2. The molecule has 164 valence electrons. The molecular formula is C19H16F3N3O6. The summed E-state index contributed by atoms with van der Waals surface area (Å²) in [5, 5.41) is 15.1. The highest BCUT2D eigenvalue weighted by Gasteiger charge is 2.30. The second kappa shape index (κ2) is 9.69. The Balaban J connectivity index is 1.88. The number of carbonyl (C=O) groups is 3. The Kier molecular flexibility index (Phi) is 7.29. The van der Waals surface area contributed by atoms with Gasteiger partial charge in [-0.2, -0.15) is 13.2 Å². The van der Waals surface area contributed by atoms with Crippen LogP contribution >= 0.6 is 0 Å². The molecule has 1 atom stereocenters. The lowest BCUT2D eigenvalue weighted by Crippen LogP contribution is -2.35. The van der Waals surface area contributed by atoms with Crippen molar-refractivity contribution < 1.29 is 37.2 Å². The molecule has 31 heavy (non-hydrogen) atoms. The Bertz CT molecular complexity index is 1010. The summed E-state index contributed by atoms with van der Waals surface area (Å²) < 4.78 is 43.0. The number of amides is 2. The van der Waals surface area contributed by atoms with Crippen molar-refractivity contribution in [1.29, 1.82) is 0 Å². The largest absolute Gasteiger partial charge is 0.451 e. The molecule has 0 saturated carbocycles. The van der Waals surface area contributed by atoms with Crippen molar-refractivity contribution in [3.63, 3.8) is 0 Å². The predicted octanol–water partition coefficient (Wildman–Crippen LogP) is 2.91. The Morgan fingerprint density at radius 2 is 1.81 bits per heavy atom. The smallest absolute Gasteiger partial charge is 0.416 e. The van der Waals surface area contributed by atoms with Gasteiger partial charge in [0.2, 0.25) is 0 Å². The first-order chi connectivity index (χ1) is 14.5. The monoisotopic (exact) mass is 439 g/mol. The molecule has 2 aromatic rings. The summed E-state index contributed by atoms with van der Waals surface area (Å²) in [6.07, 6.45) is -5.95. The molecular weight excluding hydrogens is 423 g/mol. The molecule has 0 spiro atoms. The first-order valence-electron chi connectivity index (χ1n) is 8.67. The van der Waals surface area contributed by atoms with Gasteiger partial charge in [-0.05, 0) is 31.2 Å². The van der Waals surface area contributed by atoms with Crippen LogP contribution in [0.25, 0.3) is 0 Å². The highest BCUT2D eigenvalue weighted by atomic mass is 19.4. The summed E-state index contributed by atoms with van der Waals surface area (Å²) in [5.41, 5.74) is -1.46. The van der Waals surface area contributed by atoms with Gasteiger partial charge in [0.15, 0.2) is 6.10 Å². The second-order valence-electron chi connectivity index (χ2n) is 6.19. The Morgan fingerprint density at radius 1 is 1.13 bits per heavy atom. The minimum absolute atomic E-state index is 0.0580. The van der Waals surface area contributed by atoms with E-state index in [1.807, 2.05) is 0 Å².